The van der Waals surface area contributed by atoms with Gasteiger partial charge in [-0.15, -0.1) is 0 Å². The maximum absolute atomic E-state index is 14.0. The molecule has 2 saturated heterocycles. The summed E-state index contributed by atoms with van der Waals surface area (Å²) in [5, 5.41) is 0.365. The van der Waals surface area contributed by atoms with Crippen molar-refractivity contribution < 1.29 is 23.9 Å². The second-order valence-electron chi connectivity index (χ2n) is 9.33. The number of imide groups is 1. The van der Waals surface area contributed by atoms with Crippen LogP contribution in [0.1, 0.15) is 43.5 Å². The minimum Gasteiger partial charge on any atom is -0.349 e. The molecule has 174 valence electrons. The van der Waals surface area contributed by atoms with E-state index in [1.807, 2.05) is 19.1 Å². The van der Waals surface area contributed by atoms with E-state index >= 15 is 0 Å². The molecule has 3 aromatic rings. The third kappa shape index (κ3) is 2.81. The van der Waals surface area contributed by atoms with Gasteiger partial charge in [0.05, 0.1) is 23.6 Å². The van der Waals surface area contributed by atoms with E-state index in [-0.39, 0.29) is 11.1 Å². The summed E-state index contributed by atoms with van der Waals surface area (Å²) < 4.78 is 6.30. The molecule has 0 saturated carbocycles. The first-order valence-corrected chi connectivity index (χ1v) is 11.7. The number of ether oxygens (including phenoxy) is 1. The molecule has 0 unspecified atom stereocenters. The Hall–Kier alpha value is -3.61. The summed E-state index contributed by atoms with van der Waals surface area (Å²) in [7, 11) is 0. The lowest BCUT2D eigenvalue weighted by Crippen LogP contribution is -2.51. The number of hydrogen-bond donors (Lipinski definition) is 0. The van der Waals surface area contributed by atoms with E-state index < -0.39 is 46.9 Å². The van der Waals surface area contributed by atoms with E-state index in [9.17, 15) is 19.2 Å². The van der Waals surface area contributed by atoms with E-state index in [1.165, 1.54) is 0 Å². The number of amides is 2. The summed E-state index contributed by atoms with van der Waals surface area (Å²) in [4.78, 5) is 56.5. The standard InChI is InChI=1S/C28H20ClNO5/c1-14-7-10-16(11-8-14)23-21-22(27(34)30(26(21)33)20-13-17(29)12-9-15(20)2)28(35-23)24(31)18-5-3-4-6-19(18)25(28)32/h3-13,21-23H,1-2H3/t21-,22-,23+/m0/s1. The third-order valence-electron chi connectivity index (χ3n) is 7.34. The molecule has 2 heterocycles. The number of carbonyl (C=O) groups is 4. The maximum atomic E-state index is 14.0. The maximum Gasteiger partial charge on any atom is 0.241 e. The number of halogens is 1. The van der Waals surface area contributed by atoms with Crippen LogP contribution in [0, 0.1) is 25.7 Å². The van der Waals surface area contributed by atoms with Crippen LogP contribution in [0.4, 0.5) is 5.69 Å². The van der Waals surface area contributed by atoms with E-state index in [0.717, 1.165) is 10.5 Å². The SMILES string of the molecule is Cc1ccc([C@H]2OC3(C(=O)c4ccccc4C3=O)[C@@H]3C(=O)N(c4cc(Cl)ccc4C)C(=O)[C@H]23)cc1. The van der Waals surface area contributed by atoms with Crippen LogP contribution in [0.15, 0.2) is 66.7 Å². The van der Waals surface area contributed by atoms with Gasteiger partial charge < -0.3 is 4.74 Å². The molecule has 1 spiro atoms. The van der Waals surface area contributed by atoms with E-state index in [0.29, 0.717) is 21.8 Å². The Labute approximate surface area is 206 Å². The lowest BCUT2D eigenvalue weighted by Gasteiger charge is -2.27. The molecule has 7 heteroatoms. The molecular weight excluding hydrogens is 466 g/mol. The minimum atomic E-state index is -2.09. The van der Waals surface area contributed by atoms with Gasteiger partial charge >= 0.3 is 0 Å². The second kappa shape index (κ2) is 7.44. The van der Waals surface area contributed by atoms with Gasteiger partial charge in [0.25, 0.3) is 0 Å². The van der Waals surface area contributed by atoms with Crippen molar-refractivity contribution >= 4 is 40.7 Å². The minimum absolute atomic E-state index is 0.207. The van der Waals surface area contributed by atoms with Crippen molar-refractivity contribution in [3.63, 3.8) is 0 Å². The Morgan fingerprint density at radius 2 is 1.46 bits per heavy atom. The molecule has 3 aliphatic rings. The van der Waals surface area contributed by atoms with Gasteiger partial charge in [0.15, 0.2) is 0 Å². The summed E-state index contributed by atoms with van der Waals surface area (Å²) in [6.07, 6.45) is -0.941. The van der Waals surface area contributed by atoms with Crippen LogP contribution in [-0.4, -0.2) is 29.0 Å². The van der Waals surface area contributed by atoms with Crippen molar-refractivity contribution in [2.24, 2.45) is 11.8 Å². The number of anilines is 1. The molecular formula is C28H20ClNO5. The molecule has 0 aromatic heterocycles. The Bertz CT molecular complexity index is 1430. The van der Waals surface area contributed by atoms with Crippen LogP contribution >= 0.6 is 11.6 Å². The first kappa shape index (κ1) is 21.9. The van der Waals surface area contributed by atoms with Crippen LogP contribution in [-0.2, 0) is 14.3 Å². The number of Topliss-reactive ketones (excluding diaryl/α,β-unsaturated/α-hetero) is 2. The number of rotatable bonds is 2. The first-order valence-electron chi connectivity index (χ1n) is 11.3. The summed E-state index contributed by atoms with van der Waals surface area (Å²) in [6.45, 7) is 3.70. The van der Waals surface area contributed by atoms with Crippen molar-refractivity contribution in [1.29, 1.82) is 0 Å². The van der Waals surface area contributed by atoms with Gasteiger partial charge in [-0.3, -0.25) is 19.2 Å². The van der Waals surface area contributed by atoms with Crippen molar-refractivity contribution in [2.45, 2.75) is 25.6 Å². The highest BCUT2D eigenvalue weighted by Crippen LogP contribution is 2.57. The van der Waals surface area contributed by atoms with Gasteiger partial charge in [-0.1, -0.05) is 71.8 Å². The number of aryl methyl sites for hydroxylation is 2. The average molecular weight is 486 g/mol. The molecule has 3 aromatic carbocycles. The van der Waals surface area contributed by atoms with Crippen LogP contribution in [0.5, 0.6) is 0 Å². The first-order chi connectivity index (χ1) is 16.8. The molecule has 1 aliphatic carbocycles. The third-order valence-corrected chi connectivity index (χ3v) is 7.57. The highest BCUT2D eigenvalue weighted by molar-refractivity contribution is 6.37. The normalized spacial score (nSPS) is 24.4. The fourth-order valence-corrected chi connectivity index (χ4v) is 5.80. The Balaban J connectivity index is 1.56. The van der Waals surface area contributed by atoms with Crippen molar-refractivity contribution in [3.05, 3.63) is 99.6 Å². The zero-order chi connectivity index (χ0) is 24.6. The quantitative estimate of drug-likeness (QED) is 0.390. The predicted octanol–water partition coefficient (Wildman–Crippen LogP) is 4.65. The number of fused-ring (bicyclic) bond motifs is 3. The molecule has 2 fully saturated rings. The monoisotopic (exact) mass is 485 g/mol. The number of nitrogens with zero attached hydrogens (tertiary/aromatic N) is 1. The molecule has 0 radical (unpaired) electrons. The van der Waals surface area contributed by atoms with Crippen molar-refractivity contribution in [2.75, 3.05) is 4.90 Å². The van der Waals surface area contributed by atoms with E-state index in [2.05, 4.69) is 0 Å². The molecule has 2 aliphatic heterocycles. The van der Waals surface area contributed by atoms with Crippen molar-refractivity contribution in [3.8, 4) is 0 Å². The largest absolute Gasteiger partial charge is 0.349 e. The fourth-order valence-electron chi connectivity index (χ4n) is 5.64. The molecule has 0 bridgehead atoms. The summed E-state index contributed by atoms with van der Waals surface area (Å²) in [6, 6.07) is 18.7. The zero-order valence-corrected chi connectivity index (χ0v) is 19.7. The van der Waals surface area contributed by atoms with E-state index in [4.69, 9.17) is 16.3 Å². The highest BCUT2D eigenvalue weighted by Gasteiger charge is 2.74. The van der Waals surface area contributed by atoms with Gasteiger partial charge in [0, 0.05) is 16.1 Å². The number of ketones is 2. The van der Waals surface area contributed by atoms with Gasteiger partial charge in [-0.25, -0.2) is 4.90 Å². The van der Waals surface area contributed by atoms with Crippen molar-refractivity contribution in [1.82, 2.24) is 0 Å². The molecule has 0 N–H and O–H groups in total. The average Bonchev–Trinajstić information content (AvgIpc) is 3.41. The number of benzene rings is 3. The number of carbonyl (C=O) groups excluding carboxylic acids is 4. The van der Waals surface area contributed by atoms with E-state index in [1.54, 1.807) is 61.5 Å². The summed E-state index contributed by atoms with van der Waals surface area (Å²) >= 11 is 6.20. The molecule has 6 nitrogen and oxygen atoms in total. The number of hydrogen-bond acceptors (Lipinski definition) is 5. The molecule has 2 amide bonds. The van der Waals surface area contributed by atoms with Crippen LogP contribution in [0.2, 0.25) is 5.02 Å². The van der Waals surface area contributed by atoms with Crippen LogP contribution in [0.3, 0.4) is 0 Å². The summed E-state index contributed by atoms with van der Waals surface area (Å²) in [5.74, 6) is -4.61. The van der Waals surface area contributed by atoms with Gasteiger partial charge in [0.2, 0.25) is 29.0 Å². The fraction of sp³-hybridized carbons (Fsp3) is 0.214. The molecule has 3 atom stereocenters. The van der Waals surface area contributed by atoms with Gasteiger partial charge in [-0.05, 0) is 37.1 Å². The van der Waals surface area contributed by atoms with Crippen LogP contribution < -0.4 is 4.90 Å². The molecule has 6 rings (SSSR count). The van der Waals surface area contributed by atoms with Gasteiger partial charge in [0.1, 0.15) is 0 Å². The topological polar surface area (TPSA) is 80.8 Å². The smallest absolute Gasteiger partial charge is 0.241 e. The zero-order valence-electron chi connectivity index (χ0n) is 18.9. The Kier molecular flexibility index (Phi) is 4.66. The Morgan fingerprint density at radius 1 is 0.829 bits per heavy atom. The summed E-state index contributed by atoms with van der Waals surface area (Å²) in [5.41, 5.74) is 0.975. The highest BCUT2D eigenvalue weighted by atomic mass is 35.5. The Morgan fingerprint density at radius 3 is 2.09 bits per heavy atom. The lowest BCUT2D eigenvalue weighted by molar-refractivity contribution is -0.127. The van der Waals surface area contributed by atoms with Gasteiger partial charge in [-0.2, -0.15) is 0 Å². The predicted molar refractivity (Wildman–Crippen MR) is 129 cm³/mol. The second-order valence-corrected chi connectivity index (χ2v) is 9.77. The van der Waals surface area contributed by atoms with Crippen LogP contribution in [0.25, 0.3) is 0 Å². The molecule has 35 heavy (non-hydrogen) atoms. The lowest BCUT2D eigenvalue weighted by atomic mass is 9.77.